The third kappa shape index (κ3) is 9.28. The van der Waals surface area contributed by atoms with E-state index in [1.54, 1.807) is 13.8 Å². The Hall–Kier alpha value is -3.04. The van der Waals surface area contributed by atoms with Crippen molar-refractivity contribution in [2.75, 3.05) is 39.5 Å². The molecule has 0 heterocycles. The van der Waals surface area contributed by atoms with Gasteiger partial charge in [0.15, 0.2) is 0 Å². The van der Waals surface area contributed by atoms with E-state index < -0.39 is 18.2 Å². The first-order valence-corrected chi connectivity index (χ1v) is 14.1. The fourth-order valence-electron chi connectivity index (χ4n) is 6.85. The van der Waals surface area contributed by atoms with Gasteiger partial charge in [0.1, 0.15) is 26.4 Å². The lowest BCUT2D eigenvalue weighted by Gasteiger charge is -2.35. The summed E-state index contributed by atoms with van der Waals surface area (Å²) in [5.41, 5.74) is 1.03. The average Bonchev–Trinajstić information content (AvgIpc) is 3.57. The number of fused-ring (bicyclic) bond motifs is 5. The van der Waals surface area contributed by atoms with Gasteiger partial charge in [-0.15, -0.1) is 0 Å². The molecule has 0 aromatic rings. The highest BCUT2D eigenvalue weighted by molar-refractivity contribution is 5.86. The molecule has 2 bridgehead atoms. The second-order valence-electron chi connectivity index (χ2n) is 11.2. The van der Waals surface area contributed by atoms with Gasteiger partial charge in [-0.2, -0.15) is 0 Å². The van der Waals surface area contributed by atoms with Gasteiger partial charge in [-0.05, 0) is 87.9 Å². The summed E-state index contributed by atoms with van der Waals surface area (Å²) in [6, 6.07) is 0. The van der Waals surface area contributed by atoms with E-state index in [4.69, 9.17) is 18.9 Å². The standard InChI is InChI=1S/C29H44N2O8/c1-18(2)15-25(32)36-11-13-38-28(34)30-9-7-20-5-6-23-22-16-21(24(17-22)26(20)23)8-10-31-29(35)39-14-12-37-27(33)19(3)4/h20-24,26H,1,3,5-17H2,2,4H3,(H,30,34)(H,31,35). The topological polar surface area (TPSA) is 129 Å². The normalized spacial score (nSPS) is 26.3. The molecule has 10 nitrogen and oxygen atoms in total. The number of rotatable bonds is 15. The van der Waals surface area contributed by atoms with Crippen molar-refractivity contribution in [3.63, 3.8) is 0 Å². The minimum atomic E-state index is -0.496. The Morgan fingerprint density at radius 1 is 0.744 bits per heavy atom. The van der Waals surface area contributed by atoms with Crippen LogP contribution in [0.5, 0.6) is 0 Å². The molecule has 3 aliphatic carbocycles. The Labute approximate surface area is 231 Å². The lowest BCUT2D eigenvalue weighted by atomic mass is 9.71. The third-order valence-corrected chi connectivity index (χ3v) is 8.29. The minimum Gasteiger partial charge on any atom is -0.462 e. The minimum absolute atomic E-state index is 0.00773. The smallest absolute Gasteiger partial charge is 0.407 e. The first-order chi connectivity index (χ1) is 18.7. The first kappa shape index (κ1) is 30.5. The maximum absolute atomic E-state index is 12.0. The number of carbonyl (C=O) groups excluding carboxylic acids is 4. The van der Waals surface area contributed by atoms with Gasteiger partial charge in [0, 0.05) is 18.7 Å². The number of amides is 2. The summed E-state index contributed by atoms with van der Waals surface area (Å²) < 4.78 is 20.1. The van der Waals surface area contributed by atoms with Gasteiger partial charge in [-0.25, -0.2) is 14.4 Å². The van der Waals surface area contributed by atoms with Gasteiger partial charge < -0.3 is 29.6 Å². The van der Waals surface area contributed by atoms with E-state index >= 15 is 0 Å². The highest BCUT2D eigenvalue weighted by Crippen LogP contribution is 2.63. The maximum atomic E-state index is 12.0. The monoisotopic (exact) mass is 548 g/mol. The lowest BCUT2D eigenvalue weighted by molar-refractivity contribution is -0.143. The molecule has 3 aliphatic rings. The number of hydrogen-bond donors (Lipinski definition) is 2. The number of nitrogens with one attached hydrogen (secondary N) is 2. The van der Waals surface area contributed by atoms with Crippen LogP contribution in [0.2, 0.25) is 0 Å². The molecule has 2 N–H and O–H groups in total. The predicted octanol–water partition coefficient (Wildman–Crippen LogP) is 4.15. The molecule has 6 unspecified atom stereocenters. The highest BCUT2D eigenvalue weighted by atomic mass is 16.6. The zero-order valence-corrected chi connectivity index (χ0v) is 23.3. The van der Waals surface area contributed by atoms with E-state index in [9.17, 15) is 19.2 Å². The fraction of sp³-hybridized carbons (Fsp3) is 0.724. The van der Waals surface area contributed by atoms with Gasteiger partial charge in [0.2, 0.25) is 0 Å². The molecule has 3 saturated carbocycles. The molecule has 3 fully saturated rings. The second-order valence-corrected chi connectivity index (χ2v) is 11.2. The van der Waals surface area contributed by atoms with Crippen LogP contribution in [0, 0.1) is 35.5 Å². The zero-order valence-electron chi connectivity index (χ0n) is 23.3. The van der Waals surface area contributed by atoms with Crippen molar-refractivity contribution in [2.45, 2.75) is 58.8 Å². The summed E-state index contributed by atoms with van der Waals surface area (Å²) >= 11 is 0. The van der Waals surface area contributed by atoms with Gasteiger partial charge in [-0.3, -0.25) is 4.79 Å². The summed E-state index contributed by atoms with van der Waals surface area (Å²) in [6.07, 6.45) is 6.01. The fourth-order valence-corrected chi connectivity index (χ4v) is 6.85. The van der Waals surface area contributed by atoms with Crippen LogP contribution >= 0.6 is 0 Å². The van der Waals surface area contributed by atoms with Crippen LogP contribution in [0.1, 0.15) is 58.8 Å². The van der Waals surface area contributed by atoms with Crippen molar-refractivity contribution in [3.8, 4) is 0 Å². The summed E-state index contributed by atoms with van der Waals surface area (Å²) in [7, 11) is 0. The van der Waals surface area contributed by atoms with Gasteiger partial charge >= 0.3 is 24.1 Å². The summed E-state index contributed by atoms with van der Waals surface area (Å²) in [5.74, 6) is 3.24. The zero-order chi connectivity index (χ0) is 28.4. The molecule has 3 rings (SSSR count). The first-order valence-electron chi connectivity index (χ1n) is 14.1. The SMILES string of the molecule is C=C(C)CC(=O)OCCOC(=O)NCCC1CCC2C3CC(CCNC(=O)OCCOC(=O)C(=C)C)C(C3)C12. The second kappa shape index (κ2) is 14.9. The van der Waals surface area contributed by atoms with Crippen LogP contribution in [0.3, 0.4) is 0 Å². The average molecular weight is 549 g/mol. The Kier molecular flexibility index (Phi) is 11.7. The highest BCUT2D eigenvalue weighted by Gasteiger charge is 2.56. The van der Waals surface area contributed by atoms with Crippen LogP contribution in [0.25, 0.3) is 0 Å². The molecule has 0 aromatic heterocycles. The van der Waals surface area contributed by atoms with Crippen molar-refractivity contribution in [1.29, 1.82) is 0 Å². The number of carbonyl (C=O) groups is 4. The van der Waals surface area contributed by atoms with Crippen molar-refractivity contribution in [2.24, 2.45) is 35.5 Å². The molecule has 0 aliphatic heterocycles. The number of esters is 2. The summed E-state index contributed by atoms with van der Waals surface area (Å²) in [5, 5.41) is 5.66. The van der Waals surface area contributed by atoms with Crippen LogP contribution < -0.4 is 10.6 Å². The van der Waals surface area contributed by atoms with Crippen molar-refractivity contribution in [1.82, 2.24) is 10.6 Å². The number of alkyl carbamates (subject to hydrolysis) is 2. The maximum Gasteiger partial charge on any atom is 0.407 e. The lowest BCUT2D eigenvalue weighted by Crippen LogP contribution is -2.34. The molecule has 2 amide bonds. The molecule has 0 spiro atoms. The van der Waals surface area contributed by atoms with Crippen molar-refractivity contribution in [3.05, 3.63) is 24.3 Å². The summed E-state index contributed by atoms with van der Waals surface area (Å²) in [4.78, 5) is 46.8. The van der Waals surface area contributed by atoms with Crippen LogP contribution in [-0.2, 0) is 28.5 Å². The largest absolute Gasteiger partial charge is 0.462 e. The van der Waals surface area contributed by atoms with Gasteiger partial charge in [0.25, 0.3) is 0 Å². The Bertz CT molecular complexity index is 919. The quantitative estimate of drug-likeness (QED) is 0.103. The van der Waals surface area contributed by atoms with Crippen LogP contribution in [0.4, 0.5) is 9.59 Å². The van der Waals surface area contributed by atoms with E-state index in [2.05, 4.69) is 23.8 Å². The van der Waals surface area contributed by atoms with E-state index in [0.29, 0.717) is 42.3 Å². The van der Waals surface area contributed by atoms with Gasteiger partial charge in [0.05, 0.1) is 6.42 Å². The molecule has 0 aromatic carbocycles. The molecule has 0 radical (unpaired) electrons. The van der Waals surface area contributed by atoms with E-state index in [1.165, 1.54) is 25.7 Å². The Morgan fingerprint density at radius 2 is 1.33 bits per heavy atom. The Balaban J connectivity index is 1.28. The molecule has 6 atom stereocenters. The summed E-state index contributed by atoms with van der Waals surface area (Å²) in [6.45, 7) is 11.7. The molecule has 10 heteroatoms. The van der Waals surface area contributed by atoms with Gasteiger partial charge in [-0.1, -0.05) is 18.7 Å². The number of hydrogen-bond acceptors (Lipinski definition) is 8. The molecule has 39 heavy (non-hydrogen) atoms. The van der Waals surface area contributed by atoms with Crippen LogP contribution in [-0.4, -0.2) is 63.6 Å². The van der Waals surface area contributed by atoms with Crippen molar-refractivity contribution < 1.29 is 38.1 Å². The predicted molar refractivity (Wildman–Crippen MR) is 144 cm³/mol. The van der Waals surface area contributed by atoms with Crippen LogP contribution in [0.15, 0.2) is 24.3 Å². The molecular formula is C29H44N2O8. The van der Waals surface area contributed by atoms with Crippen molar-refractivity contribution >= 4 is 24.1 Å². The number of ether oxygens (including phenoxy) is 4. The third-order valence-electron chi connectivity index (χ3n) is 8.29. The Morgan fingerprint density at radius 3 is 1.95 bits per heavy atom. The molecule has 218 valence electrons. The molecular weight excluding hydrogens is 504 g/mol. The van der Waals surface area contributed by atoms with E-state index in [0.717, 1.165) is 30.3 Å². The molecule has 0 saturated heterocycles. The van der Waals surface area contributed by atoms with E-state index in [-0.39, 0.29) is 38.8 Å². The van der Waals surface area contributed by atoms with E-state index in [1.807, 2.05) is 0 Å².